The van der Waals surface area contributed by atoms with E-state index in [-0.39, 0.29) is 11.9 Å². The van der Waals surface area contributed by atoms with Crippen LogP contribution in [0, 0.1) is 5.82 Å². The molecule has 1 saturated heterocycles. The van der Waals surface area contributed by atoms with Gasteiger partial charge in [-0.1, -0.05) is 6.07 Å². The molecular formula is C16H17FN4O2S. The summed E-state index contributed by atoms with van der Waals surface area (Å²) in [7, 11) is 0. The summed E-state index contributed by atoms with van der Waals surface area (Å²) < 4.78 is 13.3. The number of nitrogens with zero attached hydrogens (tertiary/aromatic N) is 3. The van der Waals surface area contributed by atoms with Crippen molar-refractivity contribution < 1.29 is 14.0 Å². The van der Waals surface area contributed by atoms with E-state index in [1.807, 2.05) is 0 Å². The maximum absolute atomic E-state index is 13.3. The molecule has 1 N–H and O–H groups in total. The lowest BCUT2D eigenvalue weighted by Gasteiger charge is -2.22. The highest BCUT2D eigenvalue weighted by Gasteiger charge is 2.23. The molecule has 0 atom stereocenters. The van der Waals surface area contributed by atoms with Crippen molar-refractivity contribution in [2.45, 2.75) is 6.42 Å². The number of nitrogens with one attached hydrogen (secondary N) is 1. The monoisotopic (exact) mass is 348 g/mol. The van der Waals surface area contributed by atoms with Gasteiger partial charge in [-0.2, -0.15) is 0 Å². The number of carbonyl (C=O) groups is 2. The lowest BCUT2D eigenvalue weighted by molar-refractivity contribution is 0.0762. The van der Waals surface area contributed by atoms with Crippen LogP contribution in [-0.2, 0) is 0 Å². The third-order valence-electron chi connectivity index (χ3n) is 3.79. The van der Waals surface area contributed by atoms with E-state index in [2.05, 4.69) is 10.3 Å². The van der Waals surface area contributed by atoms with Gasteiger partial charge < -0.3 is 9.80 Å². The predicted molar refractivity (Wildman–Crippen MR) is 89.6 cm³/mol. The summed E-state index contributed by atoms with van der Waals surface area (Å²) in [6, 6.07) is 5.45. The van der Waals surface area contributed by atoms with Crippen molar-refractivity contribution in [3.05, 3.63) is 47.2 Å². The maximum Gasteiger partial charge on any atom is 0.323 e. The van der Waals surface area contributed by atoms with Crippen molar-refractivity contribution in [2.24, 2.45) is 0 Å². The van der Waals surface area contributed by atoms with E-state index in [0.29, 0.717) is 43.3 Å². The first-order chi connectivity index (χ1) is 11.6. The molecule has 8 heteroatoms. The SMILES string of the molecule is O=C(Nc1nccs1)N1CCCN(C(=O)c2cccc(F)c2)CC1. The third kappa shape index (κ3) is 3.88. The van der Waals surface area contributed by atoms with Crippen molar-refractivity contribution in [1.29, 1.82) is 0 Å². The molecule has 126 valence electrons. The van der Waals surface area contributed by atoms with Crippen LogP contribution >= 0.6 is 11.3 Å². The number of amides is 3. The number of hydrogen-bond acceptors (Lipinski definition) is 4. The lowest BCUT2D eigenvalue weighted by atomic mass is 10.2. The van der Waals surface area contributed by atoms with E-state index >= 15 is 0 Å². The van der Waals surface area contributed by atoms with E-state index in [9.17, 15) is 14.0 Å². The van der Waals surface area contributed by atoms with Crippen molar-refractivity contribution in [3.8, 4) is 0 Å². The van der Waals surface area contributed by atoms with Gasteiger partial charge in [0.25, 0.3) is 5.91 Å². The fourth-order valence-electron chi connectivity index (χ4n) is 2.58. The Bertz CT molecular complexity index is 723. The minimum atomic E-state index is -0.430. The van der Waals surface area contributed by atoms with Crippen LogP contribution < -0.4 is 5.32 Å². The standard InChI is InChI=1S/C16H17FN4O2S/c17-13-4-1-3-12(11-13)14(22)20-6-2-7-21(9-8-20)16(23)19-15-18-5-10-24-15/h1,3-5,10-11H,2,6-9H2,(H,18,19,23). The minimum Gasteiger partial charge on any atom is -0.337 e. The van der Waals surface area contributed by atoms with Crippen LogP contribution in [0.3, 0.4) is 0 Å². The van der Waals surface area contributed by atoms with Gasteiger partial charge >= 0.3 is 6.03 Å². The number of benzene rings is 1. The molecule has 2 heterocycles. The number of aromatic nitrogens is 1. The molecule has 0 saturated carbocycles. The fourth-order valence-corrected chi connectivity index (χ4v) is 3.10. The molecule has 1 aliphatic rings. The zero-order valence-electron chi connectivity index (χ0n) is 12.9. The van der Waals surface area contributed by atoms with Crippen LogP contribution in [0.25, 0.3) is 0 Å². The van der Waals surface area contributed by atoms with E-state index < -0.39 is 5.82 Å². The molecule has 1 fully saturated rings. The summed E-state index contributed by atoms with van der Waals surface area (Å²) in [5, 5.41) is 5.09. The summed E-state index contributed by atoms with van der Waals surface area (Å²) >= 11 is 1.35. The second-order valence-electron chi connectivity index (χ2n) is 5.41. The molecular weight excluding hydrogens is 331 g/mol. The Balaban J connectivity index is 1.60. The van der Waals surface area contributed by atoms with Gasteiger partial charge in [0.15, 0.2) is 5.13 Å². The van der Waals surface area contributed by atoms with Crippen LogP contribution in [-0.4, -0.2) is 52.9 Å². The zero-order valence-corrected chi connectivity index (χ0v) is 13.8. The van der Waals surface area contributed by atoms with Gasteiger partial charge in [-0.05, 0) is 24.6 Å². The topological polar surface area (TPSA) is 65.5 Å². The van der Waals surface area contributed by atoms with Crippen LogP contribution in [0.4, 0.5) is 14.3 Å². The Morgan fingerprint density at radius 2 is 1.96 bits per heavy atom. The van der Waals surface area contributed by atoms with Crippen molar-refractivity contribution >= 4 is 28.4 Å². The number of halogens is 1. The third-order valence-corrected chi connectivity index (χ3v) is 4.48. The zero-order chi connectivity index (χ0) is 16.9. The molecule has 24 heavy (non-hydrogen) atoms. The average molecular weight is 348 g/mol. The highest BCUT2D eigenvalue weighted by molar-refractivity contribution is 7.13. The highest BCUT2D eigenvalue weighted by Crippen LogP contribution is 2.14. The van der Waals surface area contributed by atoms with Crippen molar-refractivity contribution in [2.75, 3.05) is 31.5 Å². The van der Waals surface area contributed by atoms with Gasteiger partial charge in [-0.25, -0.2) is 14.2 Å². The first kappa shape index (κ1) is 16.4. The number of carbonyl (C=O) groups excluding carboxylic acids is 2. The Morgan fingerprint density at radius 3 is 2.71 bits per heavy atom. The number of hydrogen-bond donors (Lipinski definition) is 1. The second-order valence-corrected chi connectivity index (χ2v) is 6.31. The molecule has 0 aliphatic carbocycles. The van der Waals surface area contributed by atoms with Gasteiger partial charge in [-0.3, -0.25) is 10.1 Å². The van der Waals surface area contributed by atoms with Crippen molar-refractivity contribution in [1.82, 2.24) is 14.8 Å². The molecule has 1 aromatic heterocycles. The molecule has 3 amide bonds. The van der Waals surface area contributed by atoms with Gasteiger partial charge in [0, 0.05) is 43.3 Å². The van der Waals surface area contributed by atoms with E-state index in [4.69, 9.17) is 0 Å². The van der Waals surface area contributed by atoms with Crippen LogP contribution in [0.5, 0.6) is 0 Å². The molecule has 0 radical (unpaired) electrons. The second kappa shape index (κ2) is 7.39. The lowest BCUT2D eigenvalue weighted by Crippen LogP contribution is -2.39. The quantitative estimate of drug-likeness (QED) is 0.907. The molecule has 0 spiro atoms. The van der Waals surface area contributed by atoms with Crippen LogP contribution in [0.1, 0.15) is 16.8 Å². The number of anilines is 1. The van der Waals surface area contributed by atoms with Crippen LogP contribution in [0.15, 0.2) is 35.8 Å². The summed E-state index contributed by atoms with van der Waals surface area (Å²) in [6.07, 6.45) is 2.30. The Morgan fingerprint density at radius 1 is 1.17 bits per heavy atom. The number of urea groups is 1. The number of rotatable bonds is 2. The minimum absolute atomic E-state index is 0.211. The summed E-state index contributed by atoms with van der Waals surface area (Å²) in [5.41, 5.74) is 0.329. The van der Waals surface area contributed by atoms with Gasteiger partial charge in [0.05, 0.1) is 0 Å². The largest absolute Gasteiger partial charge is 0.337 e. The van der Waals surface area contributed by atoms with Gasteiger partial charge in [0.2, 0.25) is 0 Å². The first-order valence-corrected chi connectivity index (χ1v) is 8.52. The van der Waals surface area contributed by atoms with Crippen molar-refractivity contribution in [3.63, 3.8) is 0 Å². The highest BCUT2D eigenvalue weighted by atomic mass is 32.1. The normalized spacial score (nSPS) is 15.0. The molecule has 0 bridgehead atoms. The molecule has 1 aliphatic heterocycles. The molecule has 1 aromatic carbocycles. The van der Waals surface area contributed by atoms with E-state index in [1.54, 1.807) is 27.4 Å². The molecule has 3 rings (SSSR count). The predicted octanol–water partition coefficient (Wildman–Crippen LogP) is 2.66. The van der Waals surface area contributed by atoms with Crippen LogP contribution in [0.2, 0.25) is 0 Å². The molecule has 2 aromatic rings. The Labute approximate surface area is 142 Å². The number of thiazole rings is 1. The smallest absolute Gasteiger partial charge is 0.323 e. The summed E-state index contributed by atoms with van der Waals surface area (Å²) in [6.45, 7) is 1.94. The molecule has 6 nitrogen and oxygen atoms in total. The van der Waals surface area contributed by atoms with Gasteiger partial charge in [0.1, 0.15) is 5.82 Å². The van der Waals surface area contributed by atoms with E-state index in [0.717, 1.165) is 0 Å². The fraction of sp³-hybridized carbons (Fsp3) is 0.312. The van der Waals surface area contributed by atoms with E-state index in [1.165, 1.54) is 29.5 Å². The Hall–Kier alpha value is -2.48. The molecule has 0 unspecified atom stereocenters. The Kier molecular flexibility index (Phi) is 5.05. The maximum atomic E-state index is 13.3. The van der Waals surface area contributed by atoms with Gasteiger partial charge in [-0.15, -0.1) is 11.3 Å². The first-order valence-electron chi connectivity index (χ1n) is 7.64. The average Bonchev–Trinajstić information content (AvgIpc) is 2.95. The summed E-state index contributed by atoms with van der Waals surface area (Å²) in [4.78, 5) is 32.1. The summed E-state index contributed by atoms with van der Waals surface area (Å²) in [5.74, 6) is -0.642.